The van der Waals surface area contributed by atoms with E-state index >= 15 is 0 Å². The standard InChI is InChI=1S/C17H12N2O3/c18-10-12-1-4-14(5-2-12)19-8-7-15(20)13-3-6-16-17(9-13)22-11-21-16/h1-9,19H,11H2. The zero-order valence-electron chi connectivity index (χ0n) is 11.6. The Morgan fingerprint density at radius 3 is 2.68 bits per heavy atom. The van der Waals surface area contributed by atoms with Gasteiger partial charge in [0.2, 0.25) is 6.79 Å². The molecule has 3 rings (SSSR count). The maximum atomic E-state index is 12.1. The van der Waals surface area contributed by atoms with Crippen LogP contribution in [0.5, 0.6) is 11.5 Å². The van der Waals surface area contributed by atoms with Crippen molar-refractivity contribution in [3.63, 3.8) is 0 Å². The molecule has 1 N–H and O–H groups in total. The van der Waals surface area contributed by atoms with Crippen LogP contribution in [0.25, 0.3) is 0 Å². The van der Waals surface area contributed by atoms with Crippen molar-refractivity contribution in [2.45, 2.75) is 0 Å². The number of carbonyl (C=O) groups excluding carboxylic acids is 1. The summed E-state index contributed by atoms with van der Waals surface area (Å²) in [6, 6.07) is 14.1. The lowest BCUT2D eigenvalue weighted by Gasteiger charge is -2.01. The molecule has 22 heavy (non-hydrogen) atoms. The van der Waals surface area contributed by atoms with Crippen molar-refractivity contribution in [2.24, 2.45) is 0 Å². The minimum atomic E-state index is -0.139. The zero-order chi connectivity index (χ0) is 15.4. The van der Waals surface area contributed by atoms with Crippen LogP contribution < -0.4 is 14.8 Å². The summed E-state index contributed by atoms with van der Waals surface area (Å²) in [6.07, 6.45) is 3.00. The molecule has 1 aliphatic rings. The van der Waals surface area contributed by atoms with Gasteiger partial charge in [-0.25, -0.2) is 0 Å². The number of anilines is 1. The average molecular weight is 292 g/mol. The topological polar surface area (TPSA) is 71.4 Å². The number of fused-ring (bicyclic) bond motifs is 1. The molecule has 0 fully saturated rings. The molecule has 0 unspecified atom stereocenters. The van der Waals surface area contributed by atoms with Crippen LogP contribution >= 0.6 is 0 Å². The smallest absolute Gasteiger partial charge is 0.231 e. The number of hydrogen-bond donors (Lipinski definition) is 1. The third-order valence-corrected chi connectivity index (χ3v) is 3.16. The van der Waals surface area contributed by atoms with Crippen LogP contribution in [0.15, 0.2) is 54.7 Å². The summed E-state index contributed by atoms with van der Waals surface area (Å²) in [5.74, 6) is 1.09. The van der Waals surface area contributed by atoms with Crippen molar-refractivity contribution >= 4 is 11.5 Å². The summed E-state index contributed by atoms with van der Waals surface area (Å²) < 4.78 is 10.4. The molecule has 1 aliphatic heterocycles. The lowest BCUT2D eigenvalue weighted by molar-refractivity contribution is 0.104. The summed E-state index contributed by atoms with van der Waals surface area (Å²) >= 11 is 0. The molecule has 2 aromatic carbocycles. The Bertz CT molecular complexity index is 773. The van der Waals surface area contributed by atoms with Crippen LogP contribution in [0.4, 0.5) is 5.69 Å². The number of allylic oxidation sites excluding steroid dienone is 1. The number of nitrogens with one attached hydrogen (secondary N) is 1. The second-order valence-corrected chi connectivity index (χ2v) is 4.60. The second kappa shape index (κ2) is 6.02. The third kappa shape index (κ3) is 2.91. The first-order valence-corrected chi connectivity index (χ1v) is 6.63. The number of nitriles is 1. The SMILES string of the molecule is N#Cc1ccc(NC=CC(=O)c2ccc3c(c2)OCO3)cc1. The molecule has 0 aromatic heterocycles. The van der Waals surface area contributed by atoms with E-state index in [1.807, 2.05) is 6.07 Å². The van der Waals surface area contributed by atoms with Gasteiger partial charge in [0.15, 0.2) is 17.3 Å². The van der Waals surface area contributed by atoms with Gasteiger partial charge in [-0.05, 0) is 42.5 Å². The van der Waals surface area contributed by atoms with Crippen molar-refractivity contribution < 1.29 is 14.3 Å². The van der Waals surface area contributed by atoms with Gasteiger partial charge in [0, 0.05) is 23.5 Å². The third-order valence-electron chi connectivity index (χ3n) is 3.16. The second-order valence-electron chi connectivity index (χ2n) is 4.60. The number of hydrogen-bond acceptors (Lipinski definition) is 5. The largest absolute Gasteiger partial charge is 0.454 e. The molecule has 0 radical (unpaired) electrons. The van der Waals surface area contributed by atoms with E-state index in [-0.39, 0.29) is 12.6 Å². The van der Waals surface area contributed by atoms with Crippen molar-refractivity contribution in [1.82, 2.24) is 0 Å². The first-order valence-electron chi connectivity index (χ1n) is 6.63. The lowest BCUT2D eigenvalue weighted by atomic mass is 10.1. The summed E-state index contributed by atoms with van der Waals surface area (Å²) in [5.41, 5.74) is 1.92. The van der Waals surface area contributed by atoms with Gasteiger partial charge < -0.3 is 14.8 Å². The molecule has 0 saturated carbocycles. The number of carbonyl (C=O) groups is 1. The lowest BCUT2D eigenvalue weighted by Crippen LogP contribution is -1.96. The Labute approximate surface area is 127 Å². The van der Waals surface area contributed by atoms with Gasteiger partial charge in [-0.1, -0.05) is 0 Å². The van der Waals surface area contributed by atoms with Gasteiger partial charge in [-0.2, -0.15) is 5.26 Å². The molecule has 108 valence electrons. The van der Waals surface area contributed by atoms with E-state index in [1.54, 1.807) is 48.7 Å². The predicted molar refractivity (Wildman–Crippen MR) is 80.8 cm³/mol. The molecule has 2 aromatic rings. The van der Waals surface area contributed by atoms with Gasteiger partial charge in [0.05, 0.1) is 11.6 Å². The van der Waals surface area contributed by atoms with Crippen molar-refractivity contribution in [1.29, 1.82) is 5.26 Å². The maximum Gasteiger partial charge on any atom is 0.231 e. The summed E-state index contributed by atoms with van der Waals surface area (Å²) in [4.78, 5) is 12.1. The fourth-order valence-electron chi connectivity index (χ4n) is 2.00. The van der Waals surface area contributed by atoms with Crippen LogP contribution in [0.1, 0.15) is 15.9 Å². The summed E-state index contributed by atoms with van der Waals surface area (Å²) in [7, 11) is 0. The number of ether oxygens (including phenoxy) is 2. The Morgan fingerprint density at radius 1 is 1.14 bits per heavy atom. The molecule has 5 heteroatoms. The molecule has 0 amide bonds. The molecule has 1 heterocycles. The predicted octanol–water partition coefficient (Wildman–Crippen LogP) is 3.10. The molecular weight excluding hydrogens is 280 g/mol. The van der Waals surface area contributed by atoms with E-state index in [2.05, 4.69) is 5.32 Å². The Morgan fingerprint density at radius 2 is 1.91 bits per heavy atom. The maximum absolute atomic E-state index is 12.1. The minimum absolute atomic E-state index is 0.139. The normalized spacial score (nSPS) is 12.1. The van der Waals surface area contributed by atoms with Gasteiger partial charge in [0.25, 0.3) is 0 Å². The van der Waals surface area contributed by atoms with E-state index in [0.29, 0.717) is 22.6 Å². The molecular formula is C17H12N2O3. The van der Waals surface area contributed by atoms with E-state index < -0.39 is 0 Å². The highest BCUT2D eigenvalue weighted by molar-refractivity contribution is 6.05. The Balaban J connectivity index is 1.64. The minimum Gasteiger partial charge on any atom is -0.454 e. The van der Waals surface area contributed by atoms with Gasteiger partial charge >= 0.3 is 0 Å². The first-order chi connectivity index (χ1) is 10.8. The van der Waals surface area contributed by atoms with Crippen molar-refractivity contribution in [2.75, 3.05) is 12.1 Å². The van der Waals surface area contributed by atoms with E-state index in [1.165, 1.54) is 6.08 Å². The van der Waals surface area contributed by atoms with Gasteiger partial charge in [0.1, 0.15) is 0 Å². The fraction of sp³-hybridized carbons (Fsp3) is 0.0588. The molecule has 0 saturated heterocycles. The average Bonchev–Trinajstić information content (AvgIpc) is 3.03. The van der Waals surface area contributed by atoms with Crippen LogP contribution in [0.3, 0.4) is 0 Å². The van der Waals surface area contributed by atoms with Crippen LogP contribution in [-0.2, 0) is 0 Å². The summed E-state index contributed by atoms with van der Waals surface area (Å²) in [5, 5.41) is 11.7. The Hall–Kier alpha value is -3.26. The quantitative estimate of drug-likeness (QED) is 0.692. The van der Waals surface area contributed by atoms with E-state index in [4.69, 9.17) is 14.7 Å². The molecule has 0 atom stereocenters. The van der Waals surface area contributed by atoms with E-state index in [9.17, 15) is 4.79 Å². The van der Waals surface area contributed by atoms with Crippen molar-refractivity contribution in [3.8, 4) is 17.6 Å². The van der Waals surface area contributed by atoms with Crippen LogP contribution in [0, 0.1) is 11.3 Å². The van der Waals surface area contributed by atoms with Crippen molar-refractivity contribution in [3.05, 3.63) is 65.9 Å². The van der Waals surface area contributed by atoms with Crippen LogP contribution in [0.2, 0.25) is 0 Å². The van der Waals surface area contributed by atoms with Gasteiger partial charge in [-0.15, -0.1) is 0 Å². The molecule has 0 spiro atoms. The Kier molecular flexibility index (Phi) is 3.75. The molecule has 0 aliphatic carbocycles. The van der Waals surface area contributed by atoms with Crippen LogP contribution in [-0.4, -0.2) is 12.6 Å². The highest BCUT2D eigenvalue weighted by atomic mass is 16.7. The molecule has 0 bridgehead atoms. The fourth-order valence-corrected chi connectivity index (χ4v) is 2.00. The zero-order valence-corrected chi connectivity index (χ0v) is 11.6. The summed E-state index contributed by atoms with van der Waals surface area (Å²) in [6.45, 7) is 0.184. The first kappa shape index (κ1) is 13.7. The highest BCUT2D eigenvalue weighted by Gasteiger charge is 2.14. The highest BCUT2D eigenvalue weighted by Crippen LogP contribution is 2.32. The monoisotopic (exact) mass is 292 g/mol. The number of nitrogens with zero attached hydrogens (tertiary/aromatic N) is 1. The number of rotatable bonds is 4. The van der Waals surface area contributed by atoms with E-state index in [0.717, 1.165) is 5.69 Å². The van der Waals surface area contributed by atoms with Gasteiger partial charge in [-0.3, -0.25) is 4.79 Å². The number of ketones is 1. The number of benzene rings is 2. The molecule has 5 nitrogen and oxygen atoms in total.